The minimum atomic E-state index is -0.856. The van der Waals surface area contributed by atoms with Crippen LogP contribution in [-0.4, -0.2) is 34.7 Å². The van der Waals surface area contributed by atoms with Crippen LogP contribution in [-0.2, 0) is 9.59 Å². The first-order chi connectivity index (χ1) is 9.08. The van der Waals surface area contributed by atoms with Crippen LogP contribution < -0.4 is 5.32 Å². The predicted molar refractivity (Wildman–Crippen MR) is 69.4 cm³/mol. The maximum Gasteiger partial charge on any atom is 0.307 e. The topological polar surface area (TPSA) is 86.6 Å². The zero-order valence-corrected chi connectivity index (χ0v) is 11.2. The Kier molecular flexibility index (Phi) is 4.80. The highest BCUT2D eigenvalue weighted by Gasteiger charge is 2.37. The predicted octanol–water partition coefficient (Wildman–Crippen LogP) is 1.15. The average molecular weight is 269 g/mol. The molecular formula is C14H23NO4. The fourth-order valence-electron chi connectivity index (χ4n) is 3.39. The van der Waals surface area contributed by atoms with E-state index in [9.17, 15) is 14.7 Å². The lowest BCUT2D eigenvalue weighted by Gasteiger charge is -2.26. The Labute approximate surface area is 113 Å². The Bertz CT molecular complexity index is 344. The van der Waals surface area contributed by atoms with Gasteiger partial charge >= 0.3 is 5.97 Å². The van der Waals surface area contributed by atoms with Crippen LogP contribution in [0, 0.1) is 17.8 Å². The Morgan fingerprint density at radius 2 is 1.74 bits per heavy atom. The summed E-state index contributed by atoms with van der Waals surface area (Å²) in [5.41, 5.74) is 0. The molecule has 0 radical (unpaired) electrons. The smallest absolute Gasteiger partial charge is 0.307 e. The fraction of sp³-hybridized carbons (Fsp3) is 0.857. The molecule has 5 nitrogen and oxygen atoms in total. The maximum absolute atomic E-state index is 12.0. The summed E-state index contributed by atoms with van der Waals surface area (Å²) in [5, 5.41) is 21.5. The number of hydrogen-bond acceptors (Lipinski definition) is 3. The summed E-state index contributed by atoms with van der Waals surface area (Å²) in [6.07, 6.45) is 5.49. The standard InChI is InChI=1S/C14H23NO4/c16-10-4-1-3-9(7-10)8-15-13(17)11-5-2-6-12(11)14(18)19/h9-12,16H,1-8H2,(H,15,17)(H,18,19)/t9?,10?,11-,12+/m1/s1. The molecule has 0 aromatic carbocycles. The molecule has 2 fully saturated rings. The molecule has 2 unspecified atom stereocenters. The van der Waals surface area contributed by atoms with Gasteiger partial charge in [-0.3, -0.25) is 9.59 Å². The van der Waals surface area contributed by atoms with E-state index in [1.807, 2.05) is 0 Å². The lowest BCUT2D eigenvalue weighted by molar-refractivity contribution is -0.146. The van der Waals surface area contributed by atoms with Gasteiger partial charge in [0.2, 0.25) is 5.91 Å². The second kappa shape index (κ2) is 6.37. The Morgan fingerprint density at radius 3 is 2.42 bits per heavy atom. The molecule has 3 N–H and O–H groups in total. The van der Waals surface area contributed by atoms with Gasteiger partial charge in [-0.2, -0.15) is 0 Å². The maximum atomic E-state index is 12.0. The summed E-state index contributed by atoms with van der Waals surface area (Å²) in [7, 11) is 0. The number of carboxylic acids is 1. The van der Waals surface area contributed by atoms with E-state index in [1.54, 1.807) is 0 Å². The van der Waals surface area contributed by atoms with Crippen LogP contribution in [0.3, 0.4) is 0 Å². The van der Waals surface area contributed by atoms with Gasteiger partial charge in [0, 0.05) is 6.54 Å². The molecule has 2 aliphatic rings. The molecule has 2 rings (SSSR count). The summed E-state index contributed by atoms with van der Waals surface area (Å²) >= 11 is 0. The summed E-state index contributed by atoms with van der Waals surface area (Å²) in [4.78, 5) is 23.1. The molecule has 108 valence electrons. The fourth-order valence-corrected chi connectivity index (χ4v) is 3.39. The van der Waals surface area contributed by atoms with Gasteiger partial charge in [-0.25, -0.2) is 0 Å². The number of carbonyl (C=O) groups is 2. The van der Waals surface area contributed by atoms with E-state index in [0.29, 0.717) is 25.3 Å². The van der Waals surface area contributed by atoms with E-state index in [-0.39, 0.29) is 17.9 Å². The van der Waals surface area contributed by atoms with E-state index < -0.39 is 11.9 Å². The van der Waals surface area contributed by atoms with Gasteiger partial charge in [-0.05, 0) is 38.0 Å². The van der Waals surface area contributed by atoms with Gasteiger partial charge in [-0.1, -0.05) is 12.8 Å². The van der Waals surface area contributed by atoms with Gasteiger partial charge in [-0.15, -0.1) is 0 Å². The van der Waals surface area contributed by atoms with Crippen molar-refractivity contribution in [2.24, 2.45) is 17.8 Å². The molecule has 0 heterocycles. The number of hydrogen-bond donors (Lipinski definition) is 3. The first kappa shape index (κ1) is 14.3. The molecule has 2 saturated carbocycles. The first-order valence-electron chi connectivity index (χ1n) is 7.26. The van der Waals surface area contributed by atoms with E-state index in [4.69, 9.17) is 5.11 Å². The van der Waals surface area contributed by atoms with Crippen LogP contribution >= 0.6 is 0 Å². The Morgan fingerprint density at radius 1 is 1.05 bits per heavy atom. The number of rotatable bonds is 4. The molecule has 0 aromatic heterocycles. The molecule has 0 aromatic rings. The molecule has 0 spiro atoms. The number of aliphatic carboxylic acids is 1. The van der Waals surface area contributed by atoms with E-state index in [2.05, 4.69) is 5.32 Å². The van der Waals surface area contributed by atoms with Crippen LogP contribution in [0.1, 0.15) is 44.9 Å². The molecule has 5 heteroatoms. The zero-order chi connectivity index (χ0) is 13.8. The van der Waals surface area contributed by atoms with Crippen LogP contribution in [0.2, 0.25) is 0 Å². The van der Waals surface area contributed by atoms with E-state index in [1.165, 1.54) is 0 Å². The van der Waals surface area contributed by atoms with Crippen molar-refractivity contribution in [3.05, 3.63) is 0 Å². The van der Waals surface area contributed by atoms with Crippen molar-refractivity contribution in [1.82, 2.24) is 5.32 Å². The number of carbonyl (C=O) groups excluding carboxylic acids is 1. The Hall–Kier alpha value is -1.10. The lowest BCUT2D eigenvalue weighted by Crippen LogP contribution is -2.39. The summed E-state index contributed by atoms with van der Waals surface area (Å²) in [6.45, 7) is 0.568. The quantitative estimate of drug-likeness (QED) is 0.714. The third kappa shape index (κ3) is 3.69. The van der Waals surface area contributed by atoms with Crippen LogP contribution in [0.5, 0.6) is 0 Å². The van der Waals surface area contributed by atoms with Crippen molar-refractivity contribution in [3.8, 4) is 0 Å². The monoisotopic (exact) mass is 269 g/mol. The number of carboxylic acid groups (broad SMARTS) is 1. The van der Waals surface area contributed by atoms with Crippen molar-refractivity contribution in [1.29, 1.82) is 0 Å². The SMILES string of the molecule is O=C(O)[C@H]1CCC[C@H]1C(=O)NCC1CCCC(O)C1. The first-order valence-corrected chi connectivity index (χ1v) is 7.26. The van der Waals surface area contributed by atoms with Crippen molar-refractivity contribution < 1.29 is 19.8 Å². The van der Waals surface area contributed by atoms with Crippen LogP contribution in [0.25, 0.3) is 0 Å². The van der Waals surface area contributed by atoms with Gasteiger partial charge in [0.15, 0.2) is 0 Å². The van der Waals surface area contributed by atoms with Gasteiger partial charge < -0.3 is 15.5 Å². The average Bonchev–Trinajstić information content (AvgIpc) is 2.85. The molecule has 19 heavy (non-hydrogen) atoms. The third-order valence-corrected chi connectivity index (χ3v) is 4.49. The second-order valence-electron chi connectivity index (χ2n) is 5.91. The number of amides is 1. The minimum absolute atomic E-state index is 0.120. The number of nitrogens with one attached hydrogen (secondary N) is 1. The summed E-state index contributed by atoms with van der Waals surface area (Å²) < 4.78 is 0. The molecule has 1 amide bonds. The normalized spacial score (nSPS) is 35.0. The molecule has 0 bridgehead atoms. The molecular weight excluding hydrogens is 246 g/mol. The summed E-state index contributed by atoms with van der Waals surface area (Å²) in [5.74, 6) is -1.53. The van der Waals surface area contributed by atoms with Crippen LogP contribution in [0.15, 0.2) is 0 Å². The minimum Gasteiger partial charge on any atom is -0.481 e. The van der Waals surface area contributed by atoms with Crippen molar-refractivity contribution in [2.45, 2.75) is 51.0 Å². The summed E-state index contributed by atoms with van der Waals surface area (Å²) in [6, 6.07) is 0. The van der Waals surface area contributed by atoms with E-state index >= 15 is 0 Å². The van der Waals surface area contributed by atoms with Gasteiger partial charge in [0.1, 0.15) is 0 Å². The van der Waals surface area contributed by atoms with Crippen molar-refractivity contribution >= 4 is 11.9 Å². The van der Waals surface area contributed by atoms with Gasteiger partial charge in [0.05, 0.1) is 17.9 Å². The lowest BCUT2D eigenvalue weighted by atomic mass is 9.87. The van der Waals surface area contributed by atoms with E-state index in [0.717, 1.165) is 32.1 Å². The Balaban J connectivity index is 1.79. The van der Waals surface area contributed by atoms with Crippen molar-refractivity contribution in [2.75, 3.05) is 6.54 Å². The third-order valence-electron chi connectivity index (χ3n) is 4.49. The number of aliphatic hydroxyl groups excluding tert-OH is 1. The van der Waals surface area contributed by atoms with Gasteiger partial charge in [0.25, 0.3) is 0 Å². The molecule has 2 aliphatic carbocycles. The molecule has 0 saturated heterocycles. The highest BCUT2D eigenvalue weighted by molar-refractivity contribution is 5.85. The largest absolute Gasteiger partial charge is 0.481 e. The highest BCUT2D eigenvalue weighted by Crippen LogP contribution is 2.32. The highest BCUT2D eigenvalue weighted by atomic mass is 16.4. The zero-order valence-electron chi connectivity index (χ0n) is 11.2. The molecule has 0 aliphatic heterocycles. The number of aliphatic hydroxyl groups is 1. The van der Waals surface area contributed by atoms with Crippen molar-refractivity contribution in [3.63, 3.8) is 0 Å². The van der Waals surface area contributed by atoms with Crippen LogP contribution in [0.4, 0.5) is 0 Å². The second-order valence-corrected chi connectivity index (χ2v) is 5.91. The molecule has 4 atom stereocenters.